The highest BCUT2D eigenvalue weighted by atomic mass is 16.5. The topological polar surface area (TPSA) is 35.2 Å². The Bertz CT molecular complexity index is 294. The van der Waals surface area contributed by atoms with E-state index in [2.05, 4.69) is 38.1 Å². The summed E-state index contributed by atoms with van der Waals surface area (Å²) in [5.41, 5.74) is 8.69. The first kappa shape index (κ1) is 14.2. The van der Waals surface area contributed by atoms with E-state index in [4.69, 9.17) is 10.5 Å². The smallest absolute Gasteiger partial charge is 0.0484 e. The SMILES string of the molecule is CCCCOCCC(N)c1ccc(CC)cc1. The van der Waals surface area contributed by atoms with E-state index in [-0.39, 0.29) is 6.04 Å². The van der Waals surface area contributed by atoms with Gasteiger partial charge in [-0.2, -0.15) is 0 Å². The monoisotopic (exact) mass is 235 g/mol. The normalized spacial score (nSPS) is 12.6. The highest BCUT2D eigenvalue weighted by molar-refractivity contribution is 5.24. The van der Waals surface area contributed by atoms with Crippen LogP contribution in [0.2, 0.25) is 0 Å². The third-order valence-corrected chi connectivity index (χ3v) is 3.03. The molecule has 2 nitrogen and oxygen atoms in total. The average Bonchev–Trinajstić information content (AvgIpc) is 2.38. The number of aryl methyl sites for hydroxylation is 1. The Kier molecular flexibility index (Phi) is 6.90. The Hall–Kier alpha value is -0.860. The molecule has 0 fully saturated rings. The number of hydrogen-bond acceptors (Lipinski definition) is 2. The molecule has 1 atom stereocenters. The molecule has 0 aromatic heterocycles. The summed E-state index contributed by atoms with van der Waals surface area (Å²) in [6.45, 7) is 5.95. The van der Waals surface area contributed by atoms with Crippen LogP contribution in [0.1, 0.15) is 50.3 Å². The zero-order chi connectivity index (χ0) is 12.5. The molecule has 0 heterocycles. The van der Waals surface area contributed by atoms with Gasteiger partial charge in [0.1, 0.15) is 0 Å². The first-order chi connectivity index (χ1) is 8.27. The maximum Gasteiger partial charge on any atom is 0.0484 e. The number of rotatable bonds is 8. The molecule has 0 bridgehead atoms. The van der Waals surface area contributed by atoms with E-state index in [0.29, 0.717) is 0 Å². The minimum Gasteiger partial charge on any atom is -0.381 e. The summed E-state index contributed by atoms with van der Waals surface area (Å²) in [6, 6.07) is 8.69. The molecule has 0 saturated heterocycles. The van der Waals surface area contributed by atoms with Gasteiger partial charge in [-0.1, -0.05) is 44.5 Å². The number of ether oxygens (including phenoxy) is 1. The Morgan fingerprint density at radius 3 is 2.41 bits per heavy atom. The fourth-order valence-electron chi connectivity index (χ4n) is 1.73. The van der Waals surface area contributed by atoms with Crippen LogP contribution in [0, 0.1) is 0 Å². The maximum absolute atomic E-state index is 6.12. The van der Waals surface area contributed by atoms with Gasteiger partial charge in [-0.3, -0.25) is 0 Å². The summed E-state index contributed by atoms with van der Waals surface area (Å²) in [5, 5.41) is 0. The highest BCUT2D eigenvalue weighted by Crippen LogP contribution is 2.15. The van der Waals surface area contributed by atoms with E-state index in [9.17, 15) is 0 Å². The van der Waals surface area contributed by atoms with Crippen LogP contribution in [0.3, 0.4) is 0 Å². The van der Waals surface area contributed by atoms with Crippen molar-refractivity contribution < 1.29 is 4.74 Å². The second kappa shape index (κ2) is 8.26. The van der Waals surface area contributed by atoms with E-state index in [0.717, 1.165) is 32.5 Å². The lowest BCUT2D eigenvalue weighted by atomic mass is 10.0. The number of nitrogens with two attached hydrogens (primary N) is 1. The molecule has 0 radical (unpaired) electrons. The van der Waals surface area contributed by atoms with Crippen molar-refractivity contribution in [3.8, 4) is 0 Å². The van der Waals surface area contributed by atoms with Crippen LogP contribution in [0.15, 0.2) is 24.3 Å². The predicted octanol–water partition coefficient (Wildman–Crippen LogP) is 3.46. The minimum absolute atomic E-state index is 0.0996. The molecule has 1 unspecified atom stereocenters. The second-order valence-electron chi connectivity index (χ2n) is 4.46. The molecular formula is C15H25NO. The van der Waals surface area contributed by atoms with Crippen molar-refractivity contribution >= 4 is 0 Å². The highest BCUT2D eigenvalue weighted by Gasteiger charge is 2.05. The molecular weight excluding hydrogens is 210 g/mol. The summed E-state index contributed by atoms with van der Waals surface area (Å²) in [5.74, 6) is 0. The summed E-state index contributed by atoms with van der Waals surface area (Å²) >= 11 is 0. The lowest BCUT2D eigenvalue weighted by Crippen LogP contribution is -2.13. The Balaban J connectivity index is 2.28. The molecule has 0 spiro atoms. The summed E-state index contributed by atoms with van der Waals surface area (Å²) < 4.78 is 5.53. The van der Waals surface area contributed by atoms with Crippen molar-refractivity contribution in [2.45, 2.75) is 45.6 Å². The predicted molar refractivity (Wildman–Crippen MR) is 73.1 cm³/mol. The van der Waals surface area contributed by atoms with E-state index >= 15 is 0 Å². The lowest BCUT2D eigenvalue weighted by molar-refractivity contribution is 0.124. The Morgan fingerprint density at radius 2 is 1.82 bits per heavy atom. The van der Waals surface area contributed by atoms with E-state index < -0.39 is 0 Å². The van der Waals surface area contributed by atoms with Crippen molar-refractivity contribution in [1.29, 1.82) is 0 Å². The fraction of sp³-hybridized carbons (Fsp3) is 0.600. The molecule has 96 valence electrons. The van der Waals surface area contributed by atoms with Gasteiger partial charge in [-0.25, -0.2) is 0 Å². The minimum atomic E-state index is 0.0996. The molecule has 2 heteroatoms. The third-order valence-electron chi connectivity index (χ3n) is 3.03. The van der Waals surface area contributed by atoms with Crippen molar-refractivity contribution in [2.75, 3.05) is 13.2 Å². The molecule has 17 heavy (non-hydrogen) atoms. The molecule has 0 aliphatic carbocycles. The van der Waals surface area contributed by atoms with Gasteiger partial charge in [0.15, 0.2) is 0 Å². The zero-order valence-electron chi connectivity index (χ0n) is 11.1. The van der Waals surface area contributed by atoms with Gasteiger partial charge in [-0.05, 0) is 30.4 Å². The first-order valence-electron chi connectivity index (χ1n) is 6.70. The molecule has 0 aliphatic rings. The Labute approximate surface area is 105 Å². The van der Waals surface area contributed by atoms with Gasteiger partial charge in [-0.15, -0.1) is 0 Å². The fourth-order valence-corrected chi connectivity index (χ4v) is 1.73. The first-order valence-corrected chi connectivity index (χ1v) is 6.70. The summed E-state index contributed by atoms with van der Waals surface area (Å²) in [7, 11) is 0. The third kappa shape index (κ3) is 5.33. The van der Waals surface area contributed by atoms with E-state index in [1.807, 2.05) is 0 Å². The van der Waals surface area contributed by atoms with Gasteiger partial charge < -0.3 is 10.5 Å². The van der Waals surface area contributed by atoms with Crippen molar-refractivity contribution in [3.63, 3.8) is 0 Å². The number of unbranched alkanes of at least 4 members (excludes halogenated alkanes) is 1. The maximum atomic E-state index is 6.12. The van der Waals surface area contributed by atoms with Gasteiger partial charge >= 0.3 is 0 Å². The molecule has 0 saturated carbocycles. The van der Waals surface area contributed by atoms with E-state index in [1.165, 1.54) is 17.5 Å². The Morgan fingerprint density at radius 1 is 1.12 bits per heavy atom. The van der Waals surface area contributed by atoms with Crippen LogP contribution in [0.25, 0.3) is 0 Å². The van der Waals surface area contributed by atoms with Crippen molar-refractivity contribution in [3.05, 3.63) is 35.4 Å². The van der Waals surface area contributed by atoms with Crippen LogP contribution < -0.4 is 5.73 Å². The largest absolute Gasteiger partial charge is 0.381 e. The standard InChI is InChI=1S/C15H25NO/c1-3-5-11-17-12-10-15(16)14-8-6-13(4-2)7-9-14/h6-9,15H,3-5,10-12,16H2,1-2H3. The van der Waals surface area contributed by atoms with Crippen LogP contribution in [0.5, 0.6) is 0 Å². The molecule has 1 aromatic rings. The summed E-state index contributed by atoms with van der Waals surface area (Å²) in [6.07, 6.45) is 4.30. The average molecular weight is 235 g/mol. The number of benzene rings is 1. The van der Waals surface area contributed by atoms with Crippen LogP contribution in [-0.2, 0) is 11.2 Å². The van der Waals surface area contributed by atoms with Crippen LogP contribution >= 0.6 is 0 Å². The molecule has 1 rings (SSSR count). The van der Waals surface area contributed by atoms with Crippen molar-refractivity contribution in [1.82, 2.24) is 0 Å². The van der Waals surface area contributed by atoms with Crippen LogP contribution in [0.4, 0.5) is 0 Å². The molecule has 0 aliphatic heterocycles. The molecule has 0 amide bonds. The zero-order valence-corrected chi connectivity index (χ0v) is 11.1. The quantitative estimate of drug-likeness (QED) is 0.700. The lowest BCUT2D eigenvalue weighted by Gasteiger charge is -2.12. The number of hydrogen-bond donors (Lipinski definition) is 1. The molecule has 1 aromatic carbocycles. The van der Waals surface area contributed by atoms with Gasteiger partial charge in [0, 0.05) is 19.3 Å². The second-order valence-corrected chi connectivity index (χ2v) is 4.46. The van der Waals surface area contributed by atoms with Crippen LogP contribution in [-0.4, -0.2) is 13.2 Å². The molecule has 2 N–H and O–H groups in total. The summed E-state index contributed by atoms with van der Waals surface area (Å²) in [4.78, 5) is 0. The van der Waals surface area contributed by atoms with Crippen molar-refractivity contribution in [2.24, 2.45) is 5.73 Å². The van der Waals surface area contributed by atoms with Gasteiger partial charge in [0.2, 0.25) is 0 Å². The van der Waals surface area contributed by atoms with Gasteiger partial charge in [0.25, 0.3) is 0 Å². The van der Waals surface area contributed by atoms with Gasteiger partial charge in [0.05, 0.1) is 0 Å². The van der Waals surface area contributed by atoms with E-state index in [1.54, 1.807) is 0 Å².